The van der Waals surface area contributed by atoms with Crippen LogP contribution in [0.15, 0.2) is 24.3 Å². The minimum absolute atomic E-state index is 0.0365. The summed E-state index contributed by atoms with van der Waals surface area (Å²) < 4.78 is 14.0. The number of amides is 1. The summed E-state index contributed by atoms with van der Waals surface area (Å²) in [4.78, 5) is 24.4. The van der Waals surface area contributed by atoms with Crippen LogP contribution in [0, 0.1) is 5.82 Å². The third kappa shape index (κ3) is 4.32. The molecule has 0 aliphatic carbocycles. The lowest BCUT2D eigenvalue weighted by atomic mass is 10.1. The second-order valence-electron chi connectivity index (χ2n) is 4.67. The first-order valence-corrected chi connectivity index (χ1v) is 7.81. The van der Waals surface area contributed by atoms with Gasteiger partial charge in [-0.3, -0.25) is 4.79 Å². The fraction of sp³-hybridized carbons (Fsp3) is 0.333. The van der Waals surface area contributed by atoms with Gasteiger partial charge in [0.05, 0.1) is 5.56 Å². The van der Waals surface area contributed by atoms with Gasteiger partial charge < -0.3 is 10.0 Å². The molecule has 1 fully saturated rings. The van der Waals surface area contributed by atoms with Gasteiger partial charge in [-0.25, -0.2) is 9.18 Å². The lowest BCUT2D eigenvalue weighted by Gasteiger charge is -2.20. The highest BCUT2D eigenvalue weighted by Gasteiger charge is 2.20. The molecule has 0 saturated carbocycles. The molecule has 21 heavy (non-hydrogen) atoms. The smallest absolute Gasteiger partial charge is 0.328 e. The summed E-state index contributed by atoms with van der Waals surface area (Å²) in [6, 6.07) is 4.14. The number of aliphatic carboxylic acids is 1. The van der Waals surface area contributed by atoms with Crippen molar-refractivity contribution in [2.45, 2.75) is 6.42 Å². The Bertz CT molecular complexity index is 566. The average Bonchev–Trinajstić information content (AvgIpc) is 2.73. The van der Waals surface area contributed by atoms with E-state index in [1.165, 1.54) is 18.2 Å². The molecule has 1 aromatic carbocycles. The molecule has 6 heteroatoms. The molecule has 2 rings (SSSR count). The van der Waals surface area contributed by atoms with Crippen molar-refractivity contribution in [1.29, 1.82) is 0 Å². The van der Waals surface area contributed by atoms with Crippen molar-refractivity contribution < 1.29 is 19.1 Å². The zero-order chi connectivity index (χ0) is 15.2. The maximum Gasteiger partial charge on any atom is 0.328 e. The average molecular weight is 309 g/mol. The second-order valence-corrected chi connectivity index (χ2v) is 5.89. The van der Waals surface area contributed by atoms with Crippen LogP contribution in [-0.2, 0) is 4.79 Å². The molecule has 1 aromatic rings. The van der Waals surface area contributed by atoms with Crippen molar-refractivity contribution in [3.63, 3.8) is 0 Å². The number of carboxylic acid groups (broad SMARTS) is 1. The Morgan fingerprint density at radius 2 is 2.10 bits per heavy atom. The molecule has 0 radical (unpaired) electrons. The van der Waals surface area contributed by atoms with Crippen LogP contribution in [0.4, 0.5) is 4.39 Å². The summed E-state index contributed by atoms with van der Waals surface area (Å²) in [6.07, 6.45) is 3.14. The van der Waals surface area contributed by atoms with E-state index in [4.69, 9.17) is 5.11 Å². The molecule has 4 nitrogen and oxygen atoms in total. The summed E-state index contributed by atoms with van der Waals surface area (Å²) in [5.74, 6) is -0.135. The predicted octanol–water partition coefficient (Wildman–Crippen LogP) is 2.50. The molecule has 1 heterocycles. The van der Waals surface area contributed by atoms with E-state index in [0.717, 1.165) is 24.0 Å². The maximum absolute atomic E-state index is 14.0. The maximum atomic E-state index is 14.0. The lowest BCUT2D eigenvalue weighted by molar-refractivity contribution is -0.131. The van der Waals surface area contributed by atoms with Crippen LogP contribution in [0.3, 0.4) is 0 Å². The molecule has 1 amide bonds. The highest BCUT2D eigenvalue weighted by Crippen LogP contribution is 2.17. The molecule has 0 bridgehead atoms. The zero-order valence-corrected chi connectivity index (χ0v) is 12.2. The van der Waals surface area contributed by atoms with E-state index in [0.29, 0.717) is 18.7 Å². The number of carboxylic acids is 1. The molecule has 1 aliphatic rings. The van der Waals surface area contributed by atoms with E-state index in [1.54, 1.807) is 22.7 Å². The fourth-order valence-electron chi connectivity index (χ4n) is 2.10. The van der Waals surface area contributed by atoms with Crippen molar-refractivity contribution in [2.24, 2.45) is 0 Å². The summed E-state index contributed by atoms with van der Waals surface area (Å²) in [5.41, 5.74) is 0.451. The standard InChI is InChI=1S/C15H16FNO3S/c16-13-10-11(3-5-14(18)19)2-4-12(13)15(20)17-6-1-8-21-9-7-17/h2-5,10H,1,6-9H2,(H,18,19). The number of carbonyl (C=O) groups excluding carboxylic acids is 1. The number of carbonyl (C=O) groups is 2. The summed E-state index contributed by atoms with van der Waals surface area (Å²) in [6.45, 7) is 1.27. The molecule has 0 atom stereocenters. The van der Waals surface area contributed by atoms with E-state index >= 15 is 0 Å². The minimum Gasteiger partial charge on any atom is -0.478 e. The second kappa shape index (κ2) is 7.26. The van der Waals surface area contributed by atoms with Gasteiger partial charge in [0.1, 0.15) is 5.82 Å². The molecule has 112 valence electrons. The third-order valence-electron chi connectivity index (χ3n) is 3.15. The van der Waals surface area contributed by atoms with E-state index in [2.05, 4.69) is 0 Å². The molecule has 1 aliphatic heterocycles. The van der Waals surface area contributed by atoms with Crippen LogP contribution < -0.4 is 0 Å². The number of hydrogen-bond acceptors (Lipinski definition) is 3. The SMILES string of the molecule is O=C(O)C=Cc1ccc(C(=O)N2CCCSCC2)c(F)c1. The van der Waals surface area contributed by atoms with Gasteiger partial charge in [-0.1, -0.05) is 6.07 Å². The summed E-state index contributed by atoms with van der Waals surface area (Å²) in [7, 11) is 0. The van der Waals surface area contributed by atoms with Crippen molar-refractivity contribution in [3.8, 4) is 0 Å². The molecular formula is C15H16FNO3S. The summed E-state index contributed by atoms with van der Waals surface area (Å²) >= 11 is 1.80. The van der Waals surface area contributed by atoms with Crippen molar-refractivity contribution in [3.05, 3.63) is 41.2 Å². The Kier molecular flexibility index (Phi) is 5.38. The van der Waals surface area contributed by atoms with Gasteiger partial charge in [-0.2, -0.15) is 11.8 Å². The van der Waals surface area contributed by atoms with Gasteiger partial charge in [-0.15, -0.1) is 0 Å². The van der Waals surface area contributed by atoms with Crippen LogP contribution in [0.2, 0.25) is 0 Å². The molecule has 1 saturated heterocycles. The normalized spacial score (nSPS) is 16.0. The van der Waals surface area contributed by atoms with Gasteiger partial charge in [0, 0.05) is 24.9 Å². The zero-order valence-electron chi connectivity index (χ0n) is 11.4. The van der Waals surface area contributed by atoms with Gasteiger partial charge in [0.15, 0.2) is 0 Å². The fourth-order valence-corrected chi connectivity index (χ4v) is 2.98. The van der Waals surface area contributed by atoms with Gasteiger partial charge in [-0.05, 0) is 35.9 Å². The number of rotatable bonds is 3. The first-order valence-electron chi connectivity index (χ1n) is 6.65. The Labute approximate surface area is 126 Å². The number of hydrogen-bond donors (Lipinski definition) is 1. The Balaban J connectivity index is 2.16. The number of benzene rings is 1. The molecular weight excluding hydrogens is 293 g/mol. The van der Waals surface area contributed by atoms with Crippen LogP contribution in [0.5, 0.6) is 0 Å². The van der Waals surface area contributed by atoms with E-state index in [1.807, 2.05) is 0 Å². The first kappa shape index (κ1) is 15.6. The quantitative estimate of drug-likeness (QED) is 0.872. The highest BCUT2D eigenvalue weighted by atomic mass is 32.2. The Morgan fingerprint density at radius 1 is 1.29 bits per heavy atom. The van der Waals surface area contributed by atoms with Crippen molar-refractivity contribution in [1.82, 2.24) is 4.90 Å². The Morgan fingerprint density at radius 3 is 2.81 bits per heavy atom. The van der Waals surface area contributed by atoms with Gasteiger partial charge in [0.2, 0.25) is 0 Å². The molecule has 0 aromatic heterocycles. The van der Waals surface area contributed by atoms with Crippen LogP contribution in [0.25, 0.3) is 6.08 Å². The van der Waals surface area contributed by atoms with Crippen LogP contribution >= 0.6 is 11.8 Å². The monoisotopic (exact) mass is 309 g/mol. The van der Waals surface area contributed by atoms with Crippen LogP contribution in [0.1, 0.15) is 22.3 Å². The van der Waals surface area contributed by atoms with Crippen molar-refractivity contribution in [2.75, 3.05) is 24.6 Å². The third-order valence-corrected chi connectivity index (χ3v) is 4.20. The molecule has 0 unspecified atom stereocenters. The van der Waals surface area contributed by atoms with Gasteiger partial charge in [0.25, 0.3) is 5.91 Å². The van der Waals surface area contributed by atoms with Crippen molar-refractivity contribution >= 4 is 29.7 Å². The number of thioether (sulfide) groups is 1. The topological polar surface area (TPSA) is 57.6 Å². The Hall–Kier alpha value is -1.82. The van der Waals surface area contributed by atoms with Crippen LogP contribution in [-0.4, -0.2) is 46.5 Å². The lowest BCUT2D eigenvalue weighted by Crippen LogP contribution is -2.33. The van der Waals surface area contributed by atoms with E-state index < -0.39 is 11.8 Å². The summed E-state index contributed by atoms with van der Waals surface area (Å²) in [5, 5.41) is 8.54. The minimum atomic E-state index is -1.10. The predicted molar refractivity (Wildman–Crippen MR) is 80.9 cm³/mol. The molecule has 0 spiro atoms. The number of halogens is 1. The molecule has 1 N–H and O–H groups in total. The largest absolute Gasteiger partial charge is 0.478 e. The highest BCUT2D eigenvalue weighted by molar-refractivity contribution is 7.99. The first-order chi connectivity index (χ1) is 10.1. The van der Waals surface area contributed by atoms with Gasteiger partial charge >= 0.3 is 5.97 Å². The van der Waals surface area contributed by atoms with E-state index in [-0.39, 0.29) is 11.5 Å². The van der Waals surface area contributed by atoms with E-state index in [9.17, 15) is 14.0 Å². The number of nitrogens with zero attached hydrogens (tertiary/aromatic N) is 1.